The number of hydrogen-bond donors (Lipinski definition) is 1. The van der Waals surface area contributed by atoms with Crippen molar-refractivity contribution < 1.29 is 14.7 Å². The lowest BCUT2D eigenvalue weighted by molar-refractivity contribution is -0.137. The van der Waals surface area contributed by atoms with Crippen LogP contribution in [0.5, 0.6) is 0 Å². The van der Waals surface area contributed by atoms with E-state index in [-0.39, 0.29) is 19.0 Å². The minimum Gasteiger partial charge on any atom is -0.481 e. The molecule has 0 saturated carbocycles. The van der Waals surface area contributed by atoms with Gasteiger partial charge in [-0.3, -0.25) is 4.79 Å². The summed E-state index contributed by atoms with van der Waals surface area (Å²) in [6.45, 7) is 3.11. The van der Waals surface area contributed by atoms with E-state index in [0.29, 0.717) is 13.1 Å². The van der Waals surface area contributed by atoms with Crippen molar-refractivity contribution in [2.75, 3.05) is 20.1 Å². The lowest BCUT2D eigenvalue weighted by Crippen LogP contribution is -2.41. The summed E-state index contributed by atoms with van der Waals surface area (Å²) in [4.78, 5) is 25.8. The Labute approximate surface area is 113 Å². The minimum absolute atomic E-state index is 0.0290. The summed E-state index contributed by atoms with van der Waals surface area (Å²) in [6.07, 6.45) is -0.0290. The van der Waals surface area contributed by atoms with Gasteiger partial charge in [0.2, 0.25) is 0 Å². The SMILES string of the molecule is CCN(CCC(=O)O)C(=O)N(C)Cc1ccccc1. The summed E-state index contributed by atoms with van der Waals surface area (Å²) in [5.74, 6) is -0.892. The van der Waals surface area contributed by atoms with Crippen LogP contribution in [0.2, 0.25) is 0 Å². The van der Waals surface area contributed by atoms with Crippen LogP contribution in [0, 0.1) is 0 Å². The molecule has 1 rings (SSSR count). The van der Waals surface area contributed by atoms with Crippen LogP contribution in [0.15, 0.2) is 30.3 Å². The number of carbonyl (C=O) groups is 2. The van der Waals surface area contributed by atoms with Gasteiger partial charge in [0, 0.05) is 26.7 Å². The average molecular weight is 264 g/mol. The zero-order valence-corrected chi connectivity index (χ0v) is 11.4. The van der Waals surface area contributed by atoms with E-state index in [1.165, 1.54) is 4.90 Å². The Bertz CT molecular complexity index is 420. The number of carboxylic acids is 1. The molecule has 0 aliphatic heterocycles. The lowest BCUT2D eigenvalue weighted by Gasteiger charge is -2.26. The zero-order valence-electron chi connectivity index (χ0n) is 11.4. The van der Waals surface area contributed by atoms with Crippen molar-refractivity contribution in [1.82, 2.24) is 9.80 Å². The zero-order chi connectivity index (χ0) is 14.3. The first-order chi connectivity index (χ1) is 9.04. The Morgan fingerprint density at radius 3 is 2.37 bits per heavy atom. The van der Waals surface area contributed by atoms with Gasteiger partial charge in [0.1, 0.15) is 0 Å². The smallest absolute Gasteiger partial charge is 0.320 e. The third kappa shape index (κ3) is 4.99. The molecule has 0 aromatic heterocycles. The van der Waals surface area contributed by atoms with Crippen LogP contribution < -0.4 is 0 Å². The highest BCUT2D eigenvalue weighted by atomic mass is 16.4. The Morgan fingerprint density at radius 2 is 1.84 bits per heavy atom. The van der Waals surface area contributed by atoms with Crippen LogP contribution in [-0.2, 0) is 11.3 Å². The molecule has 1 aromatic carbocycles. The van der Waals surface area contributed by atoms with Crippen LogP contribution in [0.3, 0.4) is 0 Å². The molecule has 0 heterocycles. The maximum atomic E-state index is 12.2. The number of carboxylic acid groups (broad SMARTS) is 1. The molecule has 0 fully saturated rings. The first kappa shape index (κ1) is 15.0. The first-order valence-corrected chi connectivity index (χ1v) is 6.30. The van der Waals surface area contributed by atoms with Gasteiger partial charge < -0.3 is 14.9 Å². The molecule has 1 N–H and O–H groups in total. The van der Waals surface area contributed by atoms with Gasteiger partial charge in [0.05, 0.1) is 6.42 Å². The second kappa shape index (κ2) is 7.41. The number of aliphatic carboxylic acids is 1. The largest absolute Gasteiger partial charge is 0.481 e. The lowest BCUT2D eigenvalue weighted by atomic mass is 10.2. The molecule has 5 heteroatoms. The van der Waals surface area contributed by atoms with Crippen molar-refractivity contribution in [3.05, 3.63) is 35.9 Å². The first-order valence-electron chi connectivity index (χ1n) is 6.30. The average Bonchev–Trinajstić information content (AvgIpc) is 2.40. The number of nitrogens with zero attached hydrogens (tertiary/aromatic N) is 2. The fraction of sp³-hybridized carbons (Fsp3) is 0.429. The highest BCUT2D eigenvalue weighted by molar-refractivity contribution is 5.75. The molecule has 0 bridgehead atoms. The maximum Gasteiger partial charge on any atom is 0.320 e. The maximum absolute atomic E-state index is 12.2. The highest BCUT2D eigenvalue weighted by Crippen LogP contribution is 2.06. The van der Waals surface area contributed by atoms with E-state index >= 15 is 0 Å². The second-order valence-electron chi connectivity index (χ2n) is 4.35. The van der Waals surface area contributed by atoms with E-state index in [4.69, 9.17) is 5.11 Å². The van der Waals surface area contributed by atoms with Crippen molar-refractivity contribution in [2.45, 2.75) is 19.9 Å². The predicted molar refractivity (Wildman–Crippen MR) is 72.8 cm³/mol. The fourth-order valence-corrected chi connectivity index (χ4v) is 1.79. The van der Waals surface area contributed by atoms with Crippen molar-refractivity contribution in [3.8, 4) is 0 Å². The predicted octanol–water partition coefficient (Wildman–Crippen LogP) is 2.03. The molecule has 2 amide bonds. The van der Waals surface area contributed by atoms with E-state index in [9.17, 15) is 9.59 Å². The molecule has 0 unspecified atom stereocenters. The van der Waals surface area contributed by atoms with Gasteiger partial charge in [-0.1, -0.05) is 30.3 Å². The Kier molecular flexibility index (Phi) is 5.85. The number of urea groups is 1. The number of benzene rings is 1. The number of carbonyl (C=O) groups excluding carboxylic acids is 1. The van der Waals surface area contributed by atoms with Crippen LogP contribution in [0.4, 0.5) is 4.79 Å². The van der Waals surface area contributed by atoms with E-state index in [1.807, 2.05) is 37.3 Å². The number of rotatable bonds is 6. The van der Waals surface area contributed by atoms with Gasteiger partial charge >= 0.3 is 12.0 Å². The summed E-state index contributed by atoms with van der Waals surface area (Å²) >= 11 is 0. The molecule has 0 atom stereocenters. The summed E-state index contributed by atoms with van der Waals surface area (Å²) in [7, 11) is 1.72. The Morgan fingerprint density at radius 1 is 1.21 bits per heavy atom. The third-order valence-electron chi connectivity index (χ3n) is 2.84. The van der Waals surface area contributed by atoms with Crippen LogP contribution in [0.25, 0.3) is 0 Å². The Hall–Kier alpha value is -2.04. The normalized spacial score (nSPS) is 10.0. The molecule has 0 spiro atoms. The van der Waals surface area contributed by atoms with E-state index < -0.39 is 5.97 Å². The molecule has 19 heavy (non-hydrogen) atoms. The van der Waals surface area contributed by atoms with Gasteiger partial charge in [0.15, 0.2) is 0 Å². The van der Waals surface area contributed by atoms with Gasteiger partial charge in [-0.15, -0.1) is 0 Å². The summed E-state index contributed by atoms with van der Waals surface area (Å²) in [5, 5.41) is 8.66. The summed E-state index contributed by atoms with van der Waals surface area (Å²) in [5.41, 5.74) is 1.05. The van der Waals surface area contributed by atoms with Gasteiger partial charge in [-0.05, 0) is 12.5 Å². The van der Waals surface area contributed by atoms with E-state index in [2.05, 4.69) is 0 Å². The molecule has 0 aliphatic carbocycles. The van der Waals surface area contributed by atoms with Crippen molar-refractivity contribution in [3.63, 3.8) is 0 Å². The van der Waals surface area contributed by atoms with Crippen LogP contribution >= 0.6 is 0 Å². The van der Waals surface area contributed by atoms with Gasteiger partial charge in [-0.2, -0.15) is 0 Å². The fourth-order valence-electron chi connectivity index (χ4n) is 1.79. The molecule has 0 radical (unpaired) electrons. The molecule has 0 saturated heterocycles. The van der Waals surface area contributed by atoms with Gasteiger partial charge in [0.25, 0.3) is 0 Å². The Balaban J connectivity index is 2.56. The topological polar surface area (TPSA) is 60.9 Å². The number of amides is 2. The standard InChI is InChI=1S/C14H20N2O3/c1-3-16(10-9-13(17)18)14(19)15(2)11-12-7-5-4-6-8-12/h4-8H,3,9-11H2,1-2H3,(H,17,18). The summed E-state index contributed by atoms with van der Waals surface area (Å²) < 4.78 is 0. The van der Waals surface area contributed by atoms with Crippen LogP contribution in [0.1, 0.15) is 18.9 Å². The molecule has 0 aliphatic rings. The van der Waals surface area contributed by atoms with Gasteiger partial charge in [-0.25, -0.2) is 4.79 Å². The molecule has 1 aromatic rings. The van der Waals surface area contributed by atoms with E-state index in [0.717, 1.165) is 5.56 Å². The van der Waals surface area contributed by atoms with Crippen molar-refractivity contribution >= 4 is 12.0 Å². The molecule has 104 valence electrons. The molecule has 5 nitrogen and oxygen atoms in total. The van der Waals surface area contributed by atoms with Crippen molar-refractivity contribution in [1.29, 1.82) is 0 Å². The monoisotopic (exact) mass is 264 g/mol. The third-order valence-corrected chi connectivity index (χ3v) is 2.84. The summed E-state index contributed by atoms with van der Waals surface area (Å²) in [6, 6.07) is 9.55. The highest BCUT2D eigenvalue weighted by Gasteiger charge is 2.17. The van der Waals surface area contributed by atoms with Crippen LogP contribution in [-0.4, -0.2) is 47.0 Å². The van der Waals surface area contributed by atoms with Crippen molar-refractivity contribution in [2.24, 2.45) is 0 Å². The number of hydrogen-bond acceptors (Lipinski definition) is 2. The molecular weight excluding hydrogens is 244 g/mol. The molecular formula is C14H20N2O3. The van der Waals surface area contributed by atoms with E-state index in [1.54, 1.807) is 11.9 Å². The minimum atomic E-state index is -0.892. The quantitative estimate of drug-likeness (QED) is 0.855. The second-order valence-corrected chi connectivity index (χ2v) is 4.35.